The standard InChI is InChI=1S/C11H16N2O2S/c1-11(2,10(14)15)4-3-7-16-9-8-12-5-6-13-9/h5-6,8H,3-4,7H2,1-2H3,(H,14,15). The van der Waals surface area contributed by atoms with Gasteiger partial charge in [-0.3, -0.25) is 9.78 Å². The van der Waals surface area contributed by atoms with Gasteiger partial charge in [-0.05, 0) is 32.4 Å². The average molecular weight is 240 g/mol. The molecule has 4 nitrogen and oxygen atoms in total. The second-order valence-corrected chi connectivity index (χ2v) is 5.30. The number of carbonyl (C=O) groups is 1. The zero-order valence-electron chi connectivity index (χ0n) is 9.51. The second kappa shape index (κ2) is 5.84. The highest BCUT2D eigenvalue weighted by molar-refractivity contribution is 7.99. The minimum atomic E-state index is -0.739. The van der Waals surface area contributed by atoms with Crippen molar-refractivity contribution in [1.29, 1.82) is 0 Å². The van der Waals surface area contributed by atoms with Crippen molar-refractivity contribution in [3.8, 4) is 0 Å². The highest BCUT2D eigenvalue weighted by atomic mass is 32.2. The monoisotopic (exact) mass is 240 g/mol. The van der Waals surface area contributed by atoms with Crippen LogP contribution in [0.2, 0.25) is 0 Å². The summed E-state index contributed by atoms with van der Waals surface area (Å²) in [5.74, 6) is 0.132. The van der Waals surface area contributed by atoms with E-state index < -0.39 is 11.4 Å². The van der Waals surface area contributed by atoms with E-state index in [1.54, 1.807) is 44.2 Å². The Labute approximate surface area is 99.5 Å². The molecule has 0 atom stereocenters. The smallest absolute Gasteiger partial charge is 0.309 e. The molecule has 16 heavy (non-hydrogen) atoms. The molecule has 5 heteroatoms. The summed E-state index contributed by atoms with van der Waals surface area (Å²) in [5.41, 5.74) is -0.636. The number of rotatable bonds is 6. The Kier molecular flexibility index (Phi) is 4.73. The summed E-state index contributed by atoms with van der Waals surface area (Å²) in [4.78, 5) is 19.0. The quantitative estimate of drug-likeness (QED) is 0.611. The molecule has 1 aromatic heterocycles. The molecule has 0 saturated heterocycles. The van der Waals surface area contributed by atoms with Crippen LogP contribution in [0, 0.1) is 5.41 Å². The Balaban J connectivity index is 2.25. The molecule has 1 heterocycles. The zero-order valence-corrected chi connectivity index (χ0v) is 10.3. The lowest BCUT2D eigenvalue weighted by Gasteiger charge is -2.18. The molecular weight excluding hydrogens is 224 g/mol. The highest BCUT2D eigenvalue weighted by Crippen LogP contribution is 2.24. The highest BCUT2D eigenvalue weighted by Gasteiger charge is 2.25. The van der Waals surface area contributed by atoms with Crippen molar-refractivity contribution in [2.24, 2.45) is 5.41 Å². The third-order valence-corrected chi connectivity index (χ3v) is 3.31. The lowest BCUT2D eigenvalue weighted by atomic mass is 9.88. The van der Waals surface area contributed by atoms with Crippen LogP contribution in [0.15, 0.2) is 23.6 Å². The molecule has 1 rings (SSSR count). The summed E-state index contributed by atoms with van der Waals surface area (Å²) in [6.07, 6.45) is 6.55. The third kappa shape index (κ3) is 4.18. The van der Waals surface area contributed by atoms with Gasteiger partial charge in [0.05, 0.1) is 11.6 Å². The van der Waals surface area contributed by atoms with Gasteiger partial charge in [0.25, 0.3) is 0 Å². The van der Waals surface area contributed by atoms with Gasteiger partial charge in [0.15, 0.2) is 0 Å². The summed E-state index contributed by atoms with van der Waals surface area (Å²) in [6.45, 7) is 3.50. The van der Waals surface area contributed by atoms with Crippen molar-refractivity contribution in [1.82, 2.24) is 9.97 Å². The fourth-order valence-corrected chi connectivity index (χ4v) is 1.93. The van der Waals surface area contributed by atoms with Gasteiger partial charge in [0.2, 0.25) is 0 Å². The van der Waals surface area contributed by atoms with E-state index in [2.05, 4.69) is 9.97 Å². The molecule has 0 aliphatic rings. The molecule has 1 aromatic rings. The topological polar surface area (TPSA) is 63.1 Å². The minimum absolute atomic E-state index is 0.636. The largest absolute Gasteiger partial charge is 0.481 e. The molecule has 0 bridgehead atoms. The Morgan fingerprint density at radius 2 is 2.25 bits per heavy atom. The molecule has 0 aliphatic heterocycles. The van der Waals surface area contributed by atoms with Crippen molar-refractivity contribution in [3.05, 3.63) is 18.6 Å². The Hall–Kier alpha value is -1.10. The van der Waals surface area contributed by atoms with Crippen molar-refractivity contribution in [2.75, 3.05) is 5.75 Å². The van der Waals surface area contributed by atoms with Crippen LogP contribution in [-0.4, -0.2) is 26.8 Å². The molecule has 1 N–H and O–H groups in total. The van der Waals surface area contributed by atoms with Gasteiger partial charge in [-0.2, -0.15) is 0 Å². The van der Waals surface area contributed by atoms with Gasteiger partial charge < -0.3 is 5.11 Å². The maximum Gasteiger partial charge on any atom is 0.309 e. The van der Waals surface area contributed by atoms with Crippen molar-refractivity contribution in [3.63, 3.8) is 0 Å². The van der Waals surface area contributed by atoms with Gasteiger partial charge in [-0.1, -0.05) is 0 Å². The van der Waals surface area contributed by atoms with E-state index in [0.717, 1.165) is 17.2 Å². The Morgan fingerprint density at radius 3 is 2.81 bits per heavy atom. The normalized spacial score (nSPS) is 11.4. The number of aromatic nitrogens is 2. The van der Waals surface area contributed by atoms with Crippen molar-refractivity contribution < 1.29 is 9.90 Å². The van der Waals surface area contributed by atoms with E-state index in [-0.39, 0.29) is 0 Å². The van der Waals surface area contributed by atoms with E-state index in [0.29, 0.717) is 6.42 Å². The van der Waals surface area contributed by atoms with Crippen LogP contribution in [-0.2, 0) is 4.79 Å². The van der Waals surface area contributed by atoms with Crippen LogP contribution in [0.4, 0.5) is 0 Å². The van der Waals surface area contributed by atoms with Crippen LogP contribution in [0.1, 0.15) is 26.7 Å². The first-order valence-corrected chi connectivity index (χ1v) is 6.13. The first-order valence-electron chi connectivity index (χ1n) is 5.14. The number of aliphatic carboxylic acids is 1. The maximum absolute atomic E-state index is 10.9. The van der Waals surface area contributed by atoms with Gasteiger partial charge in [0, 0.05) is 12.4 Å². The van der Waals surface area contributed by atoms with Gasteiger partial charge in [0.1, 0.15) is 5.03 Å². The summed E-state index contributed by atoms with van der Waals surface area (Å²) in [5, 5.41) is 9.81. The average Bonchev–Trinajstić information content (AvgIpc) is 2.26. The number of nitrogens with zero attached hydrogens (tertiary/aromatic N) is 2. The number of carboxylic acids is 1. The first-order chi connectivity index (χ1) is 7.52. The molecule has 0 radical (unpaired) electrons. The van der Waals surface area contributed by atoms with Gasteiger partial charge in [-0.25, -0.2) is 4.98 Å². The van der Waals surface area contributed by atoms with Gasteiger partial charge >= 0.3 is 5.97 Å². The summed E-state index contributed by atoms with van der Waals surface area (Å²) in [7, 11) is 0. The third-order valence-electron chi connectivity index (χ3n) is 2.31. The van der Waals surface area contributed by atoms with E-state index in [4.69, 9.17) is 5.11 Å². The fourth-order valence-electron chi connectivity index (χ4n) is 1.16. The van der Waals surface area contributed by atoms with Crippen LogP contribution >= 0.6 is 11.8 Å². The minimum Gasteiger partial charge on any atom is -0.481 e. The number of carboxylic acid groups (broad SMARTS) is 1. The molecule has 0 aromatic carbocycles. The maximum atomic E-state index is 10.9. The second-order valence-electron chi connectivity index (χ2n) is 4.18. The predicted octanol–water partition coefficient (Wildman–Crippen LogP) is 2.46. The molecule has 0 saturated carbocycles. The molecule has 0 amide bonds. The number of thioether (sulfide) groups is 1. The Morgan fingerprint density at radius 1 is 1.50 bits per heavy atom. The molecule has 0 spiro atoms. The first kappa shape index (κ1) is 13.0. The van der Waals surface area contributed by atoms with E-state index >= 15 is 0 Å². The van der Waals surface area contributed by atoms with Crippen molar-refractivity contribution >= 4 is 17.7 Å². The molecule has 0 fully saturated rings. The van der Waals surface area contributed by atoms with E-state index in [9.17, 15) is 4.79 Å². The van der Waals surface area contributed by atoms with E-state index in [1.807, 2.05) is 0 Å². The van der Waals surface area contributed by atoms with Crippen LogP contribution in [0.5, 0.6) is 0 Å². The predicted molar refractivity (Wildman–Crippen MR) is 63.4 cm³/mol. The fraction of sp³-hybridized carbons (Fsp3) is 0.545. The lowest BCUT2D eigenvalue weighted by molar-refractivity contribution is -0.147. The SMILES string of the molecule is CC(C)(CCCSc1cnccn1)C(=O)O. The molecule has 0 aliphatic carbocycles. The van der Waals surface area contributed by atoms with Crippen LogP contribution in [0.25, 0.3) is 0 Å². The number of hydrogen-bond acceptors (Lipinski definition) is 4. The van der Waals surface area contributed by atoms with Crippen LogP contribution in [0.3, 0.4) is 0 Å². The summed E-state index contributed by atoms with van der Waals surface area (Å²) in [6, 6.07) is 0. The zero-order chi connectivity index (χ0) is 12.0. The summed E-state index contributed by atoms with van der Waals surface area (Å²) < 4.78 is 0. The van der Waals surface area contributed by atoms with Crippen LogP contribution < -0.4 is 0 Å². The van der Waals surface area contributed by atoms with E-state index in [1.165, 1.54) is 0 Å². The van der Waals surface area contributed by atoms with Gasteiger partial charge in [-0.15, -0.1) is 11.8 Å². The number of hydrogen-bond donors (Lipinski definition) is 1. The lowest BCUT2D eigenvalue weighted by Crippen LogP contribution is -2.23. The summed E-state index contributed by atoms with van der Waals surface area (Å²) >= 11 is 1.61. The Bertz CT molecular complexity index is 341. The molecule has 0 unspecified atom stereocenters. The molecule has 88 valence electrons. The van der Waals surface area contributed by atoms with Crippen molar-refractivity contribution in [2.45, 2.75) is 31.7 Å². The molecular formula is C11H16N2O2S.